The van der Waals surface area contributed by atoms with Gasteiger partial charge in [-0.2, -0.15) is 0 Å². The zero-order valence-electron chi connectivity index (χ0n) is 14.1. The highest BCUT2D eigenvalue weighted by Crippen LogP contribution is 2.16. The fraction of sp³-hybridized carbons (Fsp3) is 0.400. The van der Waals surface area contributed by atoms with Crippen LogP contribution in [0.2, 0.25) is 0 Å². The van der Waals surface area contributed by atoms with Gasteiger partial charge < -0.3 is 4.74 Å². The van der Waals surface area contributed by atoms with Crippen LogP contribution in [0.4, 0.5) is 4.39 Å². The van der Waals surface area contributed by atoms with Crippen LogP contribution >= 0.6 is 0 Å². The number of ether oxygens (including phenoxy) is 1. The predicted molar refractivity (Wildman–Crippen MR) is 94.8 cm³/mol. The third-order valence-corrected chi connectivity index (χ3v) is 3.83. The van der Waals surface area contributed by atoms with Gasteiger partial charge in [0.05, 0.1) is 12.1 Å². The number of aromatic nitrogens is 1. The van der Waals surface area contributed by atoms with Crippen LogP contribution in [-0.4, -0.2) is 17.4 Å². The standard InChI is InChI=1S/C20H24FNO2/c1-16(23)18(21)11-6-4-2-3-5-9-15-24-20-14-13-17-10-7-8-12-19(17)22-20/h7-8,10-14H,2-6,9,15H2,1H3/b18-11-. The Kier molecular flexibility index (Phi) is 7.40. The van der Waals surface area contributed by atoms with Gasteiger partial charge in [-0.1, -0.05) is 37.5 Å². The number of ketones is 1. The van der Waals surface area contributed by atoms with Crippen molar-refractivity contribution >= 4 is 16.7 Å². The van der Waals surface area contributed by atoms with Gasteiger partial charge in [0, 0.05) is 18.4 Å². The Morgan fingerprint density at radius 1 is 1.08 bits per heavy atom. The molecule has 0 aliphatic rings. The van der Waals surface area contributed by atoms with Crippen molar-refractivity contribution in [1.29, 1.82) is 0 Å². The molecule has 0 saturated heterocycles. The summed E-state index contributed by atoms with van der Waals surface area (Å²) in [5.74, 6) is -0.445. The number of carbonyl (C=O) groups excluding carboxylic acids is 1. The highest BCUT2D eigenvalue weighted by atomic mass is 19.1. The zero-order valence-corrected chi connectivity index (χ0v) is 14.1. The molecule has 0 saturated carbocycles. The van der Waals surface area contributed by atoms with E-state index in [1.807, 2.05) is 36.4 Å². The molecule has 0 bridgehead atoms. The zero-order chi connectivity index (χ0) is 17.2. The average Bonchev–Trinajstić information content (AvgIpc) is 2.59. The monoisotopic (exact) mass is 329 g/mol. The molecule has 0 N–H and O–H groups in total. The second kappa shape index (κ2) is 9.81. The Balaban J connectivity index is 1.56. The van der Waals surface area contributed by atoms with E-state index in [0.717, 1.165) is 43.0 Å². The molecule has 128 valence electrons. The van der Waals surface area contributed by atoms with Crippen molar-refractivity contribution in [2.75, 3.05) is 6.61 Å². The summed E-state index contributed by atoms with van der Waals surface area (Å²) in [6.45, 7) is 1.90. The maximum absolute atomic E-state index is 12.9. The van der Waals surface area contributed by atoms with Crippen molar-refractivity contribution in [3.63, 3.8) is 0 Å². The summed E-state index contributed by atoms with van der Waals surface area (Å²) in [6, 6.07) is 11.9. The first kappa shape index (κ1) is 18.1. The molecule has 2 aromatic rings. The highest BCUT2D eigenvalue weighted by Gasteiger charge is 2.00. The molecule has 3 nitrogen and oxygen atoms in total. The predicted octanol–water partition coefficient (Wildman–Crippen LogP) is 5.40. The van der Waals surface area contributed by atoms with Crippen LogP contribution in [0.5, 0.6) is 5.88 Å². The fourth-order valence-electron chi connectivity index (χ4n) is 2.45. The van der Waals surface area contributed by atoms with Crippen LogP contribution in [0.25, 0.3) is 10.9 Å². The van der Waals surface area contributed by atoms with E-state index >= 15 is 0 Å². The van der Waals surface area contributed by atoms with Crippen molar-refractivity contribution in [3.8, 4) is 5.88 Å². The summed E-state index contributed by atoms with van der Waals surface area (Å²) in [5, 5.41) is 1.11. The topological polar surface area (TPSA) is 39.2 Å². The van der Waals surface area contributed by atoms with Crippen molar-refractivity contribution in [2.24, 2.45) is 0 Å². The van der Waals surface area contributed by atoms with Crippen LogP contribution in [-0.2, 0) is 4.79 Å². The third kappa shape index (κ3) is 6.11. The minimum atomic E-state index is -0.619. The van der Waals surface area contributed by atoms with Gasteiger partial charge in [-0.25, -0.2) is 9.37 Å². The summed E-state index contributed by atoms with van der Waals surface area (Å²) in [4.78, 5) is 15.2. The van der Waals surface area contributed by atoms with Gasteiger partial charge in [-0.15, -0.1) is 0 Å². The molecule has 0 unspecified atom stereocenters. The summed E-state index contributed by atoms with van der Waals surface area (Å²) in [7, 11) is 0. The molecular formula is C20H24FNO2. The number of allylic oxidation sites excluding steroid dienone is 2. The van der Waals surface area contributed by atoms with Gasteiger partial charge >= 0.3 is 0 Å². The summed E-state index contributed by atoms with van der Waals surface area (Å²) < 4.78 is 18.6. The normalized spacial score (nSPS) is 11.7. The number of fused-ring (bicyclic) bond motifs is 1. The molecule has 24 heavy (non-hydrogen) atoms. The second-order valence-electron chi connectivity index (χ2n) is 5.86. The Hall–Kier alpha value is -2.23. The number of pyridine rings is 1. The number of hydrogen-bond acceptors (Lipinski definition) is 3. The summed E-state index contributed by atoms with van der Waals surface area (Å²) in [5.41, 5.74) is 0.945. The van der Waals surface area contributed by atoms with Gasteiger partial charge in [0.25, 0.3) is 0 Å². The molecule has 0 spiro atoms. The Labute approximate surface area is 142 Å². The molecule has 1 heterocycles. The lowest BCUT2D eigenvalue weighted by Crippen LogP contribution is -1.99. The molecule has 0 aliphatic heterocycles. The number of nitrogens with zero attached hydrogens (tertiary/aromatic N) is 1. The minimum absolute atomic E-state index is 0.491. The first-order valence-corrected chi connectivity index (χ1v) is 8.52. The first-order valence-electron chi connectivity index (χ1n) is 8.52. The van der Waals surface area contributed by atoms with Gasteiger partial charge in [0.15, 0.2) is 11.6 Å². The number of para-hydroxylation sites is 1. The van der Waals surface area contributed by atoms with Gasteiger partial charge in [0.2, 0.25) is 5.88 Å². The van der Waals surface area contributed by atoms with Crippen molar-refractivity contribution in [3.05, 3.63) is 48.3 Å². The van der Waals surface area contributed by atoms with E-state index in [0.29, 0.717) is 18.9 Å². The van der Waals surface area contributed by atoms with Crippen molar-refractivity contribution in [1.82, 2.24) is 4.98 Å². The maximum Gasteiger partial charge on any atom is 0.213 e. The molecule has 1 aromatic heterocycles. The Bertz CT molecular complexity index is 697. The third-order valence-electron chi connectivity index (χ3n) is 3.83. The highest BCUT2D eigenvalue weighted by molar-refractivity contribution is 5.90. The number of Topliss-reactive ketones (excluding diaryl/α,β-unsaturated/α-hetero) is 1. The van der Waals surface area contributed by atoms with E-state index in [9.17, 15) is 9.18 Å². The number of rotatable bonds is 10. The molecule has 0 atom stereocenters. The summed E-state index contributed by atoms with van der Waals surface area (Å²) in [6.07, 6.45) is 7.10. The lowest BCUT2D eigenvalue weighted by molar-refractivity contribution is -0.114. The number of benzene rings is 1. The molecule has 0 aliphatic carbocycles. The largest absolute Gasteiger partial charge is 0.478 e. The van der Waals surface area contributed by atoms with E-state index < -0.39 is 11.6 Å². The molecule has 0 fully saturated rings. The number of halogens is 1. The van der Waals surface area contributed by atoms with Crippen LogP contribution < -0.4 is 4.74 Å². The Morgan fingerprint density at radius 2 is 1.83 bits per heavy atom. The van der Waals surface area contributed by atoms with Crippen molar-refractivity contribution < 1.29 is 13.9 Å². The van der Waals surface area contributed by atoms with E-state index in [1.165, 1.54) is 13.0 Å². The Morgan fingerprint density at radius 3 is 2.67 bits per heavy atom. The molecule has 0 radical (unpaired) electrons. The van der Waals surface area contributed by atoms with Crippen LogP contribution in [0, 0.1) is 0 Å². The van der Waals surface area contributed by atoms with Crippen LogP contribution in [0.1, 0.15) is 45.4 Å². The summed E-state index contributed by atoms with van der Waals surface area (Å²) >= 11 is 0. The number of carbonyl (C=O) groups is 1. The van der Waals surface area contributed by atoms with Crippen LogP contribution in [0.15, 0.2) is 48.3 Å². The molecular weight excluding hydrogens is 305 g/mol. The average molecular weight is 329 g/mol. The van der Waals surface area contributed by atoms with Crippen molar-refractivity contribution in [2.45, 2.75) is 45.4 Å². The van der Waals surface area contributed by atoms with Gasteiger partial charge in [-0.3, -0.25) is 4.79 Å². The quantitative estimate of drug-likeness (QED) is 0.433. The molecule has 4 heteroatoms. The smallest absolute Gasteiger partial charge is 0.213 e. The number of unbranched alkanes of at least 4 members (excludes halogenated alkanes) is 5. The number of hydrogen-bond donors (Lipinski definition) is 0. The van der Waals surface area contributed by atoms with E-state index in [2.05, 4.69) is 4.98 Å². The van der Waals surface area contributed by atoms with E-state index in [1.54, 1.807) is 0 Å². The SMILES string of the molecule is CC(=O)/C(F)=C/CCCCCCCOc1ccc2ccccc2n1. The first-order chi connectivity index (χ1) is 11.7. The van der Waals surface area contributed by atoms with E-state index in [4.69, 9.17) is 4.74 Å². The fourth-order valence-corrected chi connectivity index (χ4v) is 2.45. The molecule has 0 amide bonds. The second-order valence-corrected chi connectivity index (χ2v) is 5.86. The lowest BCUT2D eigenvalue weighted by Gasteiger charge is -2.06. The molecule has 2 rings (SSSR count). The van der Waals surface area contributed by atoms with Gasteiger partial charge in [-0.05, 0) is 37.5 Å². The van der Waals surface area contributed by atoms with Crippen LogP contribution in [0.3, 0.4) is 0 Å². The van der Waals surface area contributed by atoms with Gasteiger partial charge in [0.1, 0.15) is 0 Å². The maximum atomic E-state index is 12.9. The minimum Gasteiger partial charge on any atom is -0.478 e. The van der Waals surface area contributed by atoms with E-state index in [-0.39, 0.29) is 0 Å². The molecule has 1 aromatic carbocycles. The lowest BCUT2D eigenvalue weighted by atomic mass is 10.1.